The first kappa shape index (κ1) is 18.2. The molecule has 0 aliphatic carbocycles. The van der Waals surface area contributed by atoms with Crippen molar-refractivity contribution < 1.29 is 14.6 Å². The van der Waals surface area contributed by atoms with Crippen LogP contribution in [0.4, 0.5) is 0 Å². The number of carbonyl (C=O) groups is 1. The second-order valence-corrected chi connectivity index (χ2v) is 7.56. The van der Waals surface area contributed by atoms with Crippen LogP contribution in [-0.4, -0.2) is 54.3 Å². The van der Waals surface area contributed by atoms with E-state index in [-0.39, 0.29) is 5.91 Å². The highest BCUT2D eigenvalue weighted by molar-refractivity contribution is 5.78. The second-order valence-electron chi connectivity index (χ2n) is 7.56. The number of carbonyl (C=O) groups excluding carboxylic acids is 1. The average Bonchev–Trinajstić information content (AvgIpc) is 3.02. The Bertz CT molecular complexity index is 605. The number of aliphatic hydroxyl groups is 1. The minimum absolute atomic E-state index is 0.161. The first-order valence-corrected chi connectivity index (χ1v) is 9.42. The normalized spacial score (nSPS) is 25.6. The Labute approximate surface area is 150 Å². The molecule has 2 fully saturated rings. The van der Waals surface area contributed by atoms with Gasteiger partial charge in [0.05, 0.1) is 0 Å². The molecule has 2 N–H and O–H groups in total. The molecule has 5 heteroatoms. The van der Waals surface area contributed by atoms with E-state index in [2.05, 4.69) is 16.3 Å². The predicted octanol–water partition coefficient (Wildman–Crippen LogP) is 2.03. The van der Waals surface area contributed by atoms with Crippen molar-refractivity contribution in [1.29, 1.82) is 0 Å². The summed E-state index contributed by atoms with van der Waals surface area (Å²) >= 11 is 0. The van der Waals surface area contributed by atoms with Gasteiger partial charge in [-0.1, -0.05) is 18.6 Å². The lowest BCUT2D eigenvalue weighted by molar-refractivity contribution is -0.119. The van der Waals surface area contributed by atoms with Crippen molar-refractivity contribution in [2.24, 2.45) is 5.92 Å². The molecular formula is C20H30N2O3. The lowest BCUT2D eigenvalue weighted by Crippen LogP contribution is -2.48. The van der Waals surface area contributed by atoms with Gasteiger partial charge in [0, 0.05) is 31.5 Å². The number of aryl methyl sites for hydroxylation is 2. The van der Waals surface area contributed by atoms with Crippen LogP contribution >= 0.6 is 0 Å². The van der Waals surface area contributed by atoms with Gasteiger partial charge in [0.2, 0.25) is 5.91 Å². The van der Waals surface area contributed by atoms with Gasteiger partial charge in [-0.15, -0.1) is 0 Å². The number of hydrogen-bond donors (Lipinski definition) is 2. The number of β-amino-alcohol motifs (C(OH)–C–C–N with tert-alkyl or cyclic N) is 1. The number of benzene rings is 1. The van der Waals surface area contributed by atoms with E-state index in [0.717, 1.165) is 42.8 Å². The zero-order valence-electron chi connectivity index (χ0n) is 15.3. The van der Waals surface area contributed by atoms with Gasteiger partial charge >= 0.3 is 0 Å². The van der Waals surface area contributed by atoms with Gasteiger partial charge < -0.3 is 15.2 Å². The standard InChI is InChI=1S/C20H30N2O3/c1-14-6-7-15(2)19(9-14)25-13-17(23)12-22-8-4-3-5-18(22)16-10-20(24)21-11-16/h6-7,9,16-18,23H,3-5,8,10-13H2,1-2H3,(H,21,24). The monoisotopic (exact) mass is 346 g/mol. The average molecular weight is 346 g/mol. The highest BCUT2D eigenvalue weighted by atomic mass is 16.5. The van der Waals surface area contributed by atoms with Gasteiger partial charge in [-0.05, 0) is 50.4 Å². The van der Waals surface area contributed by atoms with Crippen LogP contribution in [0.5, 0.6) is 5.75 Å². The van der Waals surface area contributed by atoms with Crippen LogP contribution < -0.4 is 10.1 Å². The van der Waals surface area contributed by atoms with Crippen molar-refractivity contribution in [2.45, 2.75) is 51.7 Å². The number of piperidine rings is 1. The fourth-order valence-corrected chi connectivity index (χ4v) is 4.05. The number of amides is 1. The third-order valence-corrected chi connectivity index (χ3v) is 5.44. The number of nitrogens with one attached hydrogen (secondary N) is 1. The molecule has 25 heavy (non-hydrogen) atoms. The molecule has 0 bridgehead atoms. The van der Waals surface area contributed by atoms with Gasteiger partial charge in [0.25, 0.3) is 0 Å². The zero-order chi connectivity index (χ0) is 17.8. The molecule has 3 atom stereocenters. The number of likely N-dealkylation sites (tertiary alicyclic amines) is 1. The zero-order valence-corrected chi connectivity index (χ0v) is 15.3. The molecule has 1 aromatic carbocycles. The summed E-state index contributed by atoms with van der Waals surface area (Å²) in [5.41, 5.74) is 2.24. The van der Waals surface area contributed by atoms with Crippen molar-refractivity contribution in [3.63, 3.8) is 0 Å². The van der Waals surface area contributed by atoms with E-state index < -0.39 is 6.10 Å². The topological polar surface area (TPSA) is 61.8 Å². The minimum Gasteiger partial charge on any atom is -0.491 e. The van der Waals surface area contributed by atoms with Crippen molar-refractivity contribution in [3.05, 3.63) is 29.3 Å². The molecule has 1 amide bonds. The molecule has 2 saturated heterocycles. The van der Waals surface area contributed by atoms with Crippen LogP contribution in [0.15, 0.2) is 18.2 Å². The number of aliphatic hydroxyl groups excluding tert-OH is 1. The lowest BCUT2D eigenvalue weighted by Gasteiger charge is -2.39. The maximum absolute atomic E-state index is 11.5. The summed E-state index contributed by atoms with van der Waals surface area (Å²) < 4.78 is 5.86. The summed E-state index contributed by atoms with van der Waals surface area (Å²) in [5, 5.41) is 13.4. The molecule has 5 nitrogen and oxygen atoms in total. The fraction of sp³-hybridized carbons (Fsp3) is 0.650. The van der Waals surface area contributed by atoms with Crippen LogP contribution in [0.1, 0.15) is 36.8 Å². The summed E-state index contributed by atoms with van der Waals surface area (Å²) in [4.78, 5) is 13.9. The fourth-order valence-electron chi connectivity index (χ4n) is 4.05. The third-order valence-electron chi connectivity index (χ3n) is 5.44. The molecule has 3 rings (SSSR count). The van der Waals surface area contributed by atoms with E-state index in [1.807, 2.05) is 26.0 Å². The summed E-state index contributed by atoms with van der Waals surface area (Å²) in [7, 11) is 0. The highest BCUT2D eigenvalue weighted by Crippen LogP contribution is 2.27. The summed E-state index contributed by atoms with van der Waals surface area (Å²) in [5.74, 6) is 1.38. The summed E-state index contributed by atoms with van der Waals surface area (Å²) in [6.07, 6.45) is 3.59. The Morgan fingerprint density at radius 1 is 1.36 bits per heavy atom. The SMILES string of the molecule is Cc1ccc(C)c(OCC(O)CN2CCCCC2C2CNC(=O)C2)c1. The second kappa shape index (κ2) is 8.19. The Balaban J connectivity index is 1.54. The van der Waals surface area contributed by atoms with Crippen LogP contribution in [0.25, 0.3) is 0 Å². The first-order chi connectivity index (χ1) is 12.0. The van der Waals surface area contributed by atoms with Gasteiger partial charge in [-0.2, -0.15) is 0 Å². The summed E-state index contributed by atoms with van der Waals surface area (Å²) in [6.45, 7) is 6.74. The van der Waals surface area contributed by atoms with E-state index in [4.69, 9.17) is 4.74 Å². The van der Waals surface area contributed by atoms with E-state index >= 15 is 0 Å². The maximum Gasteiger partial charge on any atom is 0.220 e. The Kier molecular flexibility index (Phi) is 5.97. The number of hydrogen-bond acceptors (Lipinski definition) is 4. The van der Waals surface area contributed by atoms with Crippen molar-refractivity contribution in [1.82, 2.24) is 10.2 Å². The van der Waals surface area contributed by atoms with E-state index in [0.29, 0.717) is 31.5 Å². The molecule has 2 aliphatic rings. The molecule has 3 unspecified atom stereocenters. The van der Waals surface area contributed by atoms with E-state index in [9.17, 15) is 9.90 Å². The van der Waals surface area contributed by atoms with E-state index in [1.54, 1.807) is 0 Å². The number of nitrogens with zero attached hydrogens (tertiary/aromatic N) is 1. The predicted molar refractivity (Wildman–Crippen MR) is 97.7 cm³/mol. The smallest absolute Gasteiger partial charge is 0.220 e. The van der Waals surface area contributed by atoms with Crippen LogP contribution in [0, 0.1) is 19.8 Å². The van der Waals surface area contributed by atoms with Gasteiger partial charge in [-0.3, -0.25) is 9.69 Å². The summed E-state index contributed by atoms with van der Waals surface area (Å²) in [6, 6.07) is 6.51. The van der Waals surface area contributed by atoms with Crippen molar-refractivity contribution >= 4 is 5.91 Å². The minimum atomic E-state index is -0.523. The van der Waals surface area contributed by atoms with Crippen LogP contribution in [0.2, 0.25) is 0 Å². The Hall–Kier alpha value is -1.59. The third kappa shape index (κ3) is 4.73. The molecule has 2 heterocycles. The molecular weight excluding hydrogens is 316 g/mol. The molecule has 1 aromatic rings. The number of ether oxygens (including phenoxy) is 1. The van der Waals surface area contributed by atoms with Crippen molar-refractivity contribution in [3.8, 4) is 5.75 Å². The quantitative estimate of drug-likeness (QED) is 0.827. The van der Waals surface area contributed by atoms with Gasteiger partial charge in [-0.25, -0.2) is 0 Å². The maximum atomic E-state index is 11.5. The first-order valence-electron chi connectivity index (χ1n) is 9.42. The molecule has 0 saturated carbocycles. The van der Waals surface area contributed by atoms with Gasteiger partial charge in [0.15, 0.2) is 0 Å². The molecule has 0 radical (unpaired) electrons. The molecule has 0 spiro atoms. The largest absolute Gasteiger partial charge is 0.491 e. The molecule has 0 aromatic heterocycles. The molecule has 2 aliphatic heterocycles. The van der Waals surface area contributed by atoms with E-state index in [1.165, 1.54) is 6.42 Å². The van der Waals surface area contributed by atoms with Gasteiger partial charge in [0.1, 0.15) is 18.5 Å². The highest BCUT2D eigenvalue weighted by Gasteiger charge is 2.35. The lowest BCUT2D eigenvalue weighted by atomic mass is 9.89. The Morgan fingerprint density at radius 3 is 2.96 bits per heavy atom. The van der Waals surface area contributed by atoms with Crippen LogP contribution in [-0.2, 0) is 4.79 Å². The molecule has 138 valence electrons. The van der Waals surface area contributed by atoms with Crippen molar-refractivity contribution in [2.75, 3.05) is 26.2 Å². The Morgan fingerprint density at radius 2 is 2.20 bits per heavy atom. The van der Waals surface area contributed by atoms with Crippen LogP contribution in [0.3, 0.4) is 0 Å². The number of rotatable bonds is 6.